The number of benzene rings is 1. The highest BCUT2D eigenvalue weighted by Crippen LogP contribution is 2.30. The number of likely N-dealkylation sites (tertiary alicyclic amines) is 1. The minimum Gasteiger partial charge on any atom is -0.479 e. The van der Waals surface area contributed by atoms with Gasteiger partial charge in [-0.05, 0) is 24.5 Å². The molecule has 24 heavy (non-hydrogen) atoms. The summed E-state index contributed by atoms with van der Waals surface area (Å²) >= 11 is 0. The Morgan fingerprint density at radius 2 is 1.88 bits per heavy atom. The molecule has 1 saturated heterocycles. The Balaban J connectivity index is 1.67. The molecule has 6 nitrogen and oxygen atoms in total. The Morgan fingerprint density at radius 3 is 2.46 bits per heavy atom. The number of imidazole rings is 1. The molecule has 1 fully saturated rings. The van der Waals surface area contributed by atoms with Gasteiger partial charge in [-0.25, -0.2) is 9.78 Å². The van der Waals surface area contributed by atoms with E-state index in [1.807, 2.05) is 30.3 Å². The van der Waals surface area contributed by atoms with Crippen LogP contribution in [0.3, 0.4) is 0 Å². The lowest BCUT2D eigenvalue weighted by Crippen LogP contribution is -2.51. The minimum absolute atomic E-state index is 0.0940. The van der Waals surface area contributed by atoms with Crippen LogP contribution in [0.2, 0.25) is 0 Å². The quantitative estimate of drug-likeness (QED) is 0.873. The van der Waals surface area contributed by atoms with Gasteiger partial charge in [-0.3, -0.25) is 4.79 Å². The molecule has 0 aliphatic carbocycles. The Labute approximate surface area is 140 Å². The van der Waals surface area contributed by atoms with Crippen LogP contribution in [0.5, 0.6) is 0 Å². The summed E-state index contributed by atoms with van der Waals surface area (Å²) in [7, 11) is 0. The van der Waals surface area contributed by atoms with Crippen molar-refractivity contribution in [1.29, 1.82) is 0 Å². The van der Waals surface area contributed by atoms with Crippen molar-refractivity contribution in [1.82, 2.24) is 14.5 Å². The molecule has 0 radical (unpaired) electrons. The molecule has 1 N–H and O–H groups in total. The zero-order chi connectivity index (χ0) is 17.0. The molecule has 1 aromatic carbocycles. The van der Waals surface area contributed by atoms with Crippen LogP contribution in [-0.2, 0) is 15.1 Å². The maximum absolute atomic E-state index is 12.3. The van der Waals surface area contributed by atoms with E-state index in [9.17, 15) is 14.7 Å². The number of carbonyl (C=O) groups excluding carboxylic acids is 1. The number of carbonyl (C=O) groups is 2. The molecule has 3 rings (SSSR count). The fourth-order valence-corrected chi connectivity index (χ4v) is 3.03. The fourth-order valence-electron chi connectivity index (χ4n) is 3.03. The van der Waals surface area contributed by atoms with Gasteiger partial charge in [0.05, 0.1) is 6.33 Å². The first-order valence-electron chi connectivity index (χ1n) is 7.86. The van der Waals surface area contributed by atoms with Crippen molar-refractivity contribution in [2.75, 3.05) is 13.1 Å². The van der Waals surface area contributed by atoms with Gasteiger partial charge in [0.2, 0.25) is 5.91 Å². The highest BCUT2D eigenvalue weighted by Gasteiger charge is 2.43. The topological polar surface area (TPSA) is 75.4 Å². The van der Waals surface area contributed by atoms with Gasteiger partial charge in [-0.1, -0.05) is 30.3 Å². The summed E-state index contributed by atoms with van der Waals surface area (Å²) in [6.07, 6.45) is 8.82. The summed E-state index contributed by atoms with van der Waals surface area (Å²) in [5, 5.41) is 9.67. The maximum Gasteiger partial charge on any atom is 0.330 e. The standard InChI is InChI=1S/C18H19N3O3/c22-16(7-6-15-4-2-1-3-5-15)20-11-8-18(9-12-20,17(23)24)21-13-10-19-14-21/h1-7,10,13-14H,8-9,11-12H2,(H,23,24)/b7-6+. The Hall–Kier alpha value is -2.89. The van der Waals surface area contributed by atoms with Crippen LogP contribution in [-0.4, -0.2) is 44.5 Å². The second-order valence-electron chi connectivity index (χ2n) is 5.88. The highest BCUT2D eigenvalue weighted by atomic mass is 16.4. The van der Waals surface area contributed by atoms with Gasteiger partial charge in [0, 0.05) is 31.6 Å². The summed E-state index contributed by atoms with van der Waals surface area (Å²) in [6.45, 7) is 0.810. The van der Waals surface area contributed by atoms with Crippen molar-refractivity contribution >= 4 is 18.0 Å². The maximum atomic E-state index is 12.3. The number of hydrogen-bond donors (Lipinski definition) is 1. The van der Waals surface area contributed by atoms with Gasteiger partial charge in [0.15, 0.2) is 0 Å². The monoisotopic (exact) mass is 325 g/mol. The van der Waals surface area contributed by atoms with Crippen LogP contribution < -0.4 is 0 Å². The third-order valence-corrected chi connectivity index (χ3v) is 4.52. The van der Waals surface area contributed by atoms with E-state index in [1.165, 1.54) is 6.33 Å². The van der Waals surface area contributed by atoms with Crippen molar-refractivity contribution < 1.29 is 14.7 Å². The van der Waals surface area contributed by atoms with Gasteiger partial charge in [-0.2, -0.15) is 0 Å². The molecule has 1 aliphatic rings. The molecular formula is C18H19N3O3. The highest BCUT2D eigenvalue weighted by molar-refractivity contribution is 5.92. The van der Waals surface area contributed by atoms with E-state index in [1.54, 1.807) is 34.0 Å². The lowest BCUT2D eigenvalue weighted by Gasteiger charge is -2.39. The van der Waals surface area contributed by atoms with Crippen molar-refractivity contribution in [3.63, 3.8) is 0 Å². The summed E-state index contributed by atoms with van der Waals surface area (Å²) in [5.74, 6) is -0.976. The van der Waals surface area contributed by atoms with Gasteiger partial charge < -0.3 is 14.6 Å². The van der Waals surface area contributed by atoms with E-state index in [0.29, 0.717) is 25.9 Å². The van der Waals surface area contributed by atoms with Crippen LogP contribution in [0.15, 0.2) is 55.1 Å². The van der Waals surface area contributed by atoms with Gasteiger partial charge >= 0.3 is 5.97 Å². The first-order chi connectivity index (χ1) is 11.6. The zero-order valence-corrected chi connectivity index (χ0v) is 13.2. The smallest absolute Gasteiger partial charge is 0.330 e. The molecule has 1 aliphatic heterocycles. The molecule has 6 heteroatoms. The number of piperidine rings is 1. The van der Waals surface area contributed by atoms with Crippen LogP contribution in [0.4, 0.5) is 0 Å². The molecule has 1 aromatic heterocycles. The van der Waals surface area contributed by atoms with E-state index < -0.39 is 11.5 Å². The predicted molar refractivity (Wildman–Crippen MR) is 89.1 cm³/mol. The molecule has 0 spiro atoms. The van der Waals surface area contributed by atoms with E-state index in [2.05, 4.69) is 4.98 Å². The lowest BCUT2D eigenvalue weighted by molar-refractivity contribution is -0.152. The average molecular weight is 325 g/mol. The Bertz CT molecular complexity index is 730. The summed E-state index contributed by atoms with van der Waals surface area (Å²) < 4.78 is 1.64. The second-order valence-corrected chi connectivity index (χ2v) is 5.88. The molecular weight excluding hydrogens is 306 g/mol. The second kappa shape index (κ2) is 6.70. The summed E-state index contributed by atoms with van der Waals surface area (Å²) in [6, 6.07) is 9.60. The van der Waals surface area contributed by atoms with E-state index in [0.717, 1.165) is 5.56 Å². The zero-order valence-electron chi connectivity index (χ0n) is 13.2. The molecule has 124 valence electrons. The van der Waals surface area contributed by atoms with E-state index in [4.69, 9.17) is 0 Å². The number of rotatable bonds is 4. The first-order valence-corrected chi connectivity index (χ1v) is 7.86. The van der Waals surface area contributed by atoms with Crippen LogP contribution >= 0.6 is 0 Å². The molecule has 0 saturated carbocycles. The fraction of sp³-hybridized carbons (Fsp3) is 0.278. The van der Waals surface area contributed by atoms with E-state index in [-0.39, 0.29) is 5.91 Å². The Kier molecular flexibility index (Phi) is 4.46. The largest absolute Gasteiger partial charge is 0.479 e. The van der Waals surface area contributed by atoms with Crippen LogP contribution in [0, 0.1) is 0 Å². The molecule has 2 heterocycles. The molecule has 0 bridgehead atoms. The summed E-state index contributed by atoms with van der Waals surface area (Å²) in [5.41, 5.74) is -0.0580. The van der Waals surface area contributed by atoms with E-state index >= 15 is 0 Å². The molecule has 0 unspecified atom stereocenters. The van der Waals surface area contributed by atoms with Crippen molar-refractivity contribution in [3.8, 4) is 0 Å². The predicted octanol–water partition coefficient (Wildman–Crippen LogP) is 2.00. The van der Waals surface area contributed by atoms with Gasteiger partial charge in [0.1, 0.15) is 5.54 Å². The third-order valence-electron chi connectivity index (χ3n) is 4.52. The van der Waals surface area contributed by atoms with Crippen molar-refractivity contribution in [2.45, 2.75) is 18.4 Å². The van der Waals surface area contributed by atoms with Crippen LogP contribution in [0.1, 0.15) is 18.4 Å². The molecule has 1 amide bonds. The SMILES string of the molecule is O=C(/C=C/c1ccccc1)N1CCC(C(=O)O)(n2ccnc2)CC1. The third kappa shape index (κ3) is 3.08. The number of nitrogens with zero attached hydrogens (tertiary/aromatic N) is 3. The number of aromatic nitrogens is 2. The van der Waals surface area contributed by atoms with Crippen LogP contribution in [0.25, 0.3) is 6.08 Å². The number of carboxylic acids is 1. The van der Waals surface area contributed by atoms with Gasteiger partial charge in [0.25, 0.3) is 0 Å². The normalized spacial score (nSPS) is 17.1. The average Bonchev–Trinajstić information content (AvgIpc) is 3.15. The van der Waals surface area contributed by atoms with Crippen molar-refractivity contribution in [2.24, 2.45) is 0 Å². The molecule has 2 aromatic rings. The lowest BCUT2D eigenvalue weighted by atomic mass is 9.87. The first kappa shape index (κ1) is 16.0. The number of hydrogen-bond acceptors (Lipinski definition) is 3. The number of aliphatic carboxylic acids is 1. The number of carboxylic acid groups (broad SMARTS) is 1. The molecule has 0 atom stereocenters. The minimum atomic E-state index is -1.02. The Morgan fingerprint density at radius 1 is 1.17 bits per heavy atom. The number of amides is 1. The van der Waals surface area contributed by atoms with Crippen molar-refractivity contribution in [3.05, 3.63) is 60.7 Å². The van der Waals surface area contributed by atoms with Gasteiger partial charge in [-0.15, -0.1) is 0 Å². The summed E-state index contributed by atoms with van der Waals surface area (Å²) in [4.78, 5) is 29.7.